The third-order valence-electron chi connectivity index (χ3n) is 2.62. The molecule has 0 aliphatic heterocycles. The van der Waals surface area contributed by atoms with Crippen molar-refractivity contribution in [3.63, 3.8) is 0 Å². The van der Waals surface area contributed by atoms with Gasteiger partial charge >= 0.3 is 0 Å². The van der Waals surface area contributed by atoms with E-state index in [1.165, 1.54) is 16.9 Å². The Kier molecular flexibility index (Phi) is 3.01. The molecule has 1 amide bonds. The Hall–Kier alpha value is -2.37. The molecule has 1 aromatic carbocycles. The molecule has 18 heavy (non-hydrogen) atoms. The first-order valence-electron chi connectivity index (χ1n) is 5.34. The maximum absolute atomic E-state index is 13.7. The van der Waals surface area contributed by atoms with Gasteiger partial charge in [0.15, 0.2) is 0 Å². The molecule has 94 valence electrons. The molecule has 0 radical (unpaired) electrons. The van der Waals surface area contributed by atoms with E-state index in [9.17, 15) is 9.18 Å². The molecule has 3 N–H and O–H groups in total. The summed E-state index contributed by atoms with van der Waals surface area (Å²) in [4.78, 5) is 12.0. The van der Waals surface area contributed by atoms with Crippen LogP contribution in [-0.4, -0.2) is 15.7 Å². The van der Waals surface area contributed by atoms with Crippen molar-refractivity contribution in [3.8, 4) is 0 Å². The average molecular weight is 248 g/mol. The maximum Gasteiger partial charge on any atom is 0.276 e. The third-order valence-corrected chi connectivity index (χ3v) is 2.62. The number of nitrogens with zero attached hydrogens (tertiary/aromatic N) is 2. The number of nitrogens with two attached hydrogens (primary N) is 1. The van der Waals surface area contributed by atoms with Crippen LogP contribution in [0, 0.1) is 12.7 Å². The lowest BCUT2D eigenvalue weighted by molar-refractivity contribution is 0.101. The molecule has 0 aliphatic carbocycles. The minimum absolute atomic E-state index is 0.126. The van der Waals surface area contributed by atoms with E-state index in [2.05, 4.69) is 10.4 Å². The molecule has 2 rings (SSSR count). The summed E-state index contributed by atoms with van der Waals surface area (Å²) in [6.07, 6.45) is 1.38. The van der Waals surface area contributed by atoms with E-state index in [1.54, 1.807) is 26.1 Å². The van der Waals surface area contributed by atoms with E-state index in [0.29, 0.717) is 5.56 Å². The second-order valence-electron chi connectivity index (χ2n) is 3.96. The van der Waals surface area contributed by atoms with Gasteiger partial charge in [0.25, 0.3) is 5.91 Å². The number of aryl methyl sites for hydroxylation is 2. The molecule has 2 aromatic rings. The van der Waals surface area contributed by atoms with Gasteiger partial charge in [-0.1, -0.05) is 12.1 Å². The highest BCUT2D eigenvalue weighted by Gasteiger charge is 2.16. The van der Waals surface area contributed by atoms with E-state index in [1.807, 2.05) is 0 Å². The standard InChI is InChI=1S/C12H13FN4O/c1-7-4-3-5-9(10(7)13)16-12(18)11-8(14)6-15-17(11)2/h3-6H,14H2,1-2H3,(H,16,18). The van der Waals surface area contributed by atoms with Crippen LogP contribution in [0.5, 0.6) is 0 Å². The van der Waals surface area contributed by atoms with Crippen molar-refractivity contribution >= 4 is 17.3 Å². The summed E-state index contributed by atoms with van der Waals surface area (Å²) in [6, 6.07) is 4.79. The summed E-state index contributed by atoms with van der Waals surface area (Å²) in [6.45, 7) is 1.63. The van der Waals surface area contributed by atoms with Gasteiger partial charge in [-0.05, 0) is 18.6 Å². The molecule has 1 heterocycles. The van der Waals surface area contributed by atoms with Crippen LogP contribution in [0.2, 0.25) is 0 Å². The van der Waals surface area contributed by atoms with Gasteiger partial charge in [0, 0.05) is 7.05 Å². The maximum atomic E-state index is 13.7. The van der Waals surface area contributed by atoms with Crippen LogP contribution >= 0.6 is 0 Å². The molecule has 0 unspecified atom stereocenters. The molecule has 0 saturated carbocycles. The van der Waals surface area contributed by atoms with Crippen molar-refractivity contribution in [2.75, 3.05) is 11.1 Å². The van der Waals surface area contributed by atoms with Crippen LogP contribution in [0.3, 0.4) is 0 Å². The minimum atomic E-state index is -0.489. The Morgan fingerprint density at radius 2 is 2.22 bits per heavy atom. The van der Waals surface area contributed by atoms with Crippen LogP contribution in [0.4, 0.5) is 15.8 Å². The van der Waals surface area contributed by atoms with Crippen LogP contribution in [-0.2, 0) is 7.05 Å². The summed E-state index contributed by atoms with van der Waals surface area (Å²) < 4.78 is 15.1. The summed E-state index contributed by atoms with van der Waals surface area (Å²) in [7, 11) is 1.60. The summed E-state index contributed by atoms with van der Waals surface area (Å²) in [5.74, 6) is -0.941. The number of hydrogen-bond acceptors (Lipinski definition) is 3. The number of hydrogen-bond donors (Lipinski definition) is 2. The topological polar surface area (TPSA) is 72.9 Å². The van der Waals surface area contributed by atoms with Gasteiger partial charge in [0.2, 0.25) is 0 Å². The van der Waals surface area contributed by atoms with Gasteiger partial charge in [-0.25, -0.2) is 4.39 Å². The fourth-order valence-corrected chi connectivity index (χ4v) is 1.66. The van der Waals surface area contributed by atoms with Gasteiger partial charge in [-0.2, -0.15) is 5.10 Å². The molecule has 5 nitrogen and oxygen atoms in total. The molecule has 0 aliphatic rings. The second kappa shape index (κ2) is 4.48. The number of nitrogen functional groups attached to an aromatic ring is 1. The lowest BCUT2D eigenvalue weighted by Crippen LogP contribution is -2.18. The summed E-state index contributed by atoms with van der Waals surface area (Å²) in [5.41, 5.74) is 6.67. The number of nitrogens with one attached hydrogen (secondary N) is 1. The van der Waals surface area contributed by atoms with Gasteiger partial charge in [-0.3, -0.25) is 9.48 Å². The van der Waals surface area contributed by atoms with Crippen molar-refractivity contribution in [3.05, 3.63) is 41.5 Å². The first kappa shape index (κ1) is 12.1. The number of anilines is 2. The van der Waals surface area contributed by atoms with Crippen molar-refractivity contribution in [2.45, 2.75) is 6.92 Å². The highest BCUT2D eigenvalue weighted by molar-refractivity contribution is 6.06. The molecule has 0 fully saturated rings. The van der Waals surface area contributed by atoms with Crippen molar-refractivity contribution in [1.29, 1.82) is 0 Å². The molecule has 0 bridgehead atoms. The normalized spacial score (nSPS) is 10.4. The van der Waals surface area contributed by atoms with Crippen LogP contribution in [0.15, 0.2) is 24.4 Å². The monoisotopic (exact) mass is 248 g/mol. The van der Waals surface area contributed by atoms with E-state index in [-0.39, 0.29) is 17.1 Å². The zero-order valence-electron chi connectivity index (χ0n) is 10.1. The van der Waals surface area contributed by atoms with Crippen LogP contribution < -0.4 is 11.1 Å². The predicted molar refractivity (Wildman–Crippen MR) is 66.7 cm³/mol. The molecule has 0 saturated heterocycles. The quantitative estimate of drug-likeness (QED) is 0.849. The summed E-state index contributed by atoms with van der Waals surface area (Å²) in [5, 5.41) is 6.34. The summed E-state index contributed by atoms with van der Waals surface area (Å²) >= 11 is 0. The molecular weight excluding hydrogens is 235 g/mol. The fraction of sp³-hybridized carbons (Fsp3) is 0.167. The van der Waals surface area contributed by atoms with Gasteiger partial charge in [-0.15, -0.1) is 0 Å². The third kappa shape index (κ3) is 2.04. The Morgan fingerprint density at radius 3 is 2.83 bits per heavy atom. The number of benzene rings is 1. The molecule has 1 aromatic heterocycles. The van der Waals surface area contributed by atoms with Crippen molar-refractivity contribution in [1.82, 2.24) is 9.78 Å². The smallest absolute Gasteiger partial charge is 0.276 e. The molecular formula is C12H13FN4O. The fourth-order valence-electron chi connectivity index (χ4n) is 1.66. The van der Waals surface area contributed by atoms with Crippen LogP contribution in [0.1, 0.15) is 16.1 Å². The number of halogens is 1. The van der Waals surface area contributed by atoms with Gasteiger partial charge in [0.1, 0.15) is 11.5 Å². The van der Waals surface area contributed by atoms with Gasteiger partial charge in [0.05, 0.1) is 17.6 Å². The zero-order valence-corrected chi connectivity index (χ0v) is 10.1. The largest absolute Gasteiger partial charge is 0.396 e. The van der Waals surface area contributed by atoms with Crippen LogP contribution in [0.25, 0.3) is 0 Å². The van der Waals surface area contributed by atoms with E-state index >= 15 is 0 Å². The Morgan fingerprint density at radius 1 is 1.50 bits per heavy atom. The zero-order chi connectivity index (χ0) is 13.3. The number of rotatable bonds is 2. The Balaban J connectivity index is 2.30. The second-order valence-corrected chi connectivity index (χ2v) is 3.96. The van der Waals surface area contributed by atoms with E-state index in [0.717, 1.165) is 0 Å². The first-order chi connectivity index (χ1) is 8.50. The molecule has 0 spiro atoms. The number of aromatic nitrogens is 2. The predicted octanol–water partition coefficient (Wildman–Crippen LogP) is 1.70. The average Bonchev–Trinajstić information content (AvgIpc) is 2.65. The SMILES string of the molecule is Cc1cccc(NC(=O)c2c(N)cnn2C)c1F. The minimum Gasteiger partial charge on any atom is -0.396 e. The highest BCUT2D eigenvalue weighted by atomic mass is 19.1. The number of carbonyl (C=O) groups excluding carboxylic acids is 1. The van der Waals surface area contributed by atoms with E-state index in [4.69, 9.17) is 5.73 Å². The lowest BCUT2D eigenvalue weighted by Gasteiger charge is -2.08. The molecule has 6 heteroatoms. The Bertz CT molecular complexity index is 587. The van der Waals surface area contributed by atoms with Crippen molar-refractivity contribution < 1.29 is 9.18 Å². The van der Waals surface area contributed by atoms with Gasteiger partial charge < -0.3 is 11.1 Å². The molecule has 0 atom stereocenters. The highest BCUT2D eigenvalue weighted by Crippen LogP contribution is 2.19. The number of carbonyl (C=O) groups is 1. The van der Waals surface area contributed by atoms with Crippen molar-refractivity contribution in [2.24, 2.45) is 7.05 Å². The Labute approximate surface area is 103 Å². The number of amides is 1. The lowest BCUT2D eigenvalue weighted by atomic mass is 10.2. The van der Waals surface area contributed by atoms with E-state index < -0.39 is 11.7 Å². The first-order valence-corrected chi connectivity index (χ1v) is 5.34.